The maximum absolute atomic E-state index is 6.38. The average molecular weight is 635 g/mol. The first-order valence-corrected chi connectivity index (χ1v) is 16.8. The van der Waals surface area contributed by atoms with Crippen LogP contribution in [0, 0.1) is 0 Å². The van der Waals surface area contributed by atoms with Crippen molar-refractivity contribution in [2.75, 3.05) is 4.90 Å². The number of rotatable bonds is 5. The molecule has 10 rings (SSSR count). The molecule has 0 saturated carbocycles. The van der Waals surface area contributed by atoms with E-state index in [1.807, 2.05) is 36.4 Å². The van der Waals surface area contributed by atoms with E-state index in [1.54, 1.807) is 11.3 Å². The summed E-state index contributed by atoms with van der Waals surface area (Å²) in [6, 6.07) is 55.1. The molecule has 0 radical (unpaired) electrons. The Hall–Kier alpha value is -6.17. The first kappa shape index (κ1) is 27.0. The van der Waals surface area contributed by atoms with Gasteiger partial charge in [-0.3, -0.25) is 0 Å². The van der Waals surface area contributed by atoms with E-state index in [1.165, 1.54) is 14.8 Å². The van der Waals surface area contributed by atoms with E-state index >= 15 is 0 Å². The number of benzene rings is 7. The van der Waals surface area contributed by atoms with Gasteiger partial charge >= 0.3 is 0 Å². The summed E-state index contributed by atoms with van der Waals surface area (Å²) in [6.07, 6.45) is 0. The minimum atomic E-state index is 0.642. The Balaban J connectivity index is 1.19. The second-order valence-corrected chi connectivity index (χ2v) is 13.0. The fraction of sp³-hybridized carbons (Fsp3) is 0. The Bertz CT molecular complexity index is 2780. The minimum Gasteiger partial charge on any atom is -0.456 e. The van der Waals surface area contributed by atoms with Gasteiger partial charge in [-0.1, -0.05) is 91.0 Å². The number of fused-ring (bicyclic) bond motifs is 7. The highest BCUT2D eigenvalue weighted by atomic mass is 32.1. The van der Waals surface area contributed by atoms with Crippen LogP contribution in [0.2, 0.25) is 0 Å². The molecule has 0 atom stereocenters. The maximum Gasteiger partial charge on any atom is 0.227 e. The van der Waals surface area contributed by atoms with Crippen LogP contribution in [0.3, 0.4) is 0 Å². The SMILES string of the molecule is c1ccc(-c2ccccc2N(c2ccc3c(c2)oc2ccccc23)c2ccc3c(c2)sc2cccc(-c4nc5ccccc5o4)c23)cc1. The molecule has 0 aliphatic heterocycles. The Kier molecular flexibility index (Phi) is 6.01. The number of thiophene rings is 1. The van der Waals surface area contributed by atoms with Gasteiger partial charge in [0.05, 0.1) is 5.69 Å². The van der Waals surface area contributed by atoms with Crippen molar-refractivity contribution in [2.24, 2.45) is 0 Å². The molecule has 0 amide bonds. The van der Waals surface area contributed by atoms with Crippen molar-refractivity contribution in [2.45, 2.75) is 0 Å². The number of hydrogen-bond acceptors (Lipinski definition) is 5. The van der Waals surface area contributed by atoms with Crippen molar-refractivity contribution in [3.05, 3.63) is 158 Å². The molecule has 0 saturated heterocycles. The molecule has 48 heavy (non-hydrogen) atoms. The van der Waals surface area contributed by atoms with Crippen LogP contribution < -0.4 is 4.90 Å². The van der Waals surface area contributed by atoms with E-state index in [9.17, 15) is 0 Å². The largest absolute Gasteiger partial charge is 0.456 e. The number of nitrogens with zero attached hydrogens (tertiary/aromatic N) is 2. The van der Waals surface area contributed by atoms with E-state index in [0.717, 1.165) is 72.2 Å². The van der Waals surface area contributed by atoms with E-state index in [4.69, 9.17) is 13.8 Å². The summed E-state index contributed by atoms with van der Waals surface area (Å²) in [5.41, 5.74) is 9.90. The Morgan fingerprint density at radius 2 is 1.19 bits per heavy atom. The number of furan rings is 1. The molecular weight excluding hydrogens is 609 g/mol. The van der Waals surface area contributed by atoms with Crippen LogP contribution in [-0.2, 0) is 0 Å². The molecule has 226 valence electrons. The number of oxazole rings is 1. The molecule has 0 fully saturated rings. The lowest BCUT2D eigenvalue weighted by Gasteiger charge is -2.28. The van der Waals surface area contributed by atoms with Gasteiger partial charge in [-0.25, -0.2) is 4.98 Å². The third kappa shape index (κ3) is 4.25. The summed E-state index contributed by atoms with van der Waals surface area (Å²) in [4.78, 5) is 7.19. The molecular formula is C43H26N2O2S. The van der Waals surface area contributed by atoms with E-state index in [-0.39, 0.29) is 0 Å². The third-order valence-electron chi connectivity index (χ3n) is 9.11. The highest BCUT2D eigenvalue weighted by molar-refractivity contribution is 7.26. The Morgan fingerprint density at radius 1 is 0.479 bits per heavy atom. The van der Waals surface area contributed by atoms with Gasteiger partial charge in [0.1, 0.15) is 16.7 Å². The highest BCUT2D eigenvalue weighted by Crippen LogP contribution is 2.46. The van der Waals surface area contributed by atoms with Crippen LogP contribution in [0.25, 0.3) is 75.8 Å². The zero-order valence-electron chi connectivity index (χ0n) is 25.6. The Morgan fingerprint density at radius 3 is 2.08 bits per heavy atom. The summed E-state index contributed by atoms with van der Waals surface area (Å²) >= 11 is 1.79. The van der Waals surface area contributed by atoms with Crippen molar-refractivity contribution in [1.82, 2.24) is 4.98 Å². The molecule has 0 aliphatic carbocycles. The lowest BCUT2D eigenvalue weighted by atomic mass is 10.0. The van der Waals surface area contributed by atoms with Crippen LogP contribution in [-0.4, -0.2) is 4.98 Å². The fourth-order valence-corrected chi connectivity index (χ4v) is 8.10. The van der Waals surface area contributed by atoms with Gasteiger partial charge in [-0.05, 0) is 66.2 Å². The van der Waals surface area contributed by atoms with Crippen LogP contribution >= 0.6 is 11.3 Å². The zero-order valence-corrected chi connectivity index (χ0v) is 26.4. The molecule has 0 bridgehead atoms. The second-order valence-electron chi connectivity index (χ2n) is 11.9. The van der Waals surface area contributed by atoms with Crippen molar-refractivity contribution in [3.8, 4) is 22.6 Å². The molecule has 4 nitrogen and oxygen atoms in total. The molecule has 0 aliphatic rings. The topological polar surface area (TPSA) is 42.4 Å². The molecule has 3 aromatic heterocycles. The predicted molar refractivity (Wildman–Crippen MR) is 200 cm³/mol. The van der Waals surface area contributed by atoms with Gasteiger partial charge in [-0.15, -0.1) is 11.3 Å². The molecule has 5 heteroatoms. The van der Waals surface area contributed by atoms with Gasteiger partial charge in [0.25, 0.3) is 0 Å². The fourth-order valence-electron chi connectivity index (χ4n) is 6.93. The molecule has 0 unspecified atom stereocenters. The lowest BCUT2D eigenvalue weighted by Crippen LogP contribution is -2.11. The zero-order chi connectivity index (χ0) is 31.6. The van der Waals surface area contributed by atoms with Gasteiger partial charge < -0.3 is 13.7 Å². The first-order valence-electron chi connectivity index (χ1n) is 16.0. The summed E-state index contributed by atoms with van der Waals surface area (Å²) in [6.45, 7) is 0. The van der Waals surface area contributed by atoms with Gasteiger partial charge in [0.2, 0.25) is 5.89 Å². The van der Waals surface area contributed by atoms with Crippen molar-refractivity contribution in [3.63, 3.8) is 0 Å². The number of hydrogen-bond donors (Lipinski definition) is 0. The van der Waals surface area contributed by atoms with Gasteiger partial charge in [0.15, 0.2) is 5.58 Å². The van der Waals surface area contributed by atoms with E-state index in [0.29, 0.717) is 5.89 Å². The smallest absolute Gasteiger partial charge is 0.227 e. The first-order chi connectivity index (χ1) is 23.8. The van der Waals surface area contributed by atoms with Gasteiger partial charge in [-0.2, -0.15) is 0 Å². The van der Waals surface area contributed by atoms with Gasteiger partial charge in [0, 0.05) is 59.5 Å². The van der Waals surface area contributed by atoms with E-state index < -0.39 is 0 Å². The molecule has 3 heterocycles. The van der Waals surface area contributed by atoms with Crippen molar-refractivity contribution >= 4 is 81.6 Å². The van der Waals surface area contributed by atoms with Crippen LogP contribution in [0.1, 0.15) is 0 Å². The monoisotopic (exact) mass is 634 g/mol. The predicted octanol–water partition coefficient (Wildman–Crippen LogP) is 12.9. The van der Waals surface area contributed by atoms with Crippen LogP contribution in [0.5, 0.6) is 0 Å². The van der Waals surface area contributed by atoms with Crippen molar-refractivity contribution < 1.29 is 8.83 Å². The molecule has 10 aromatic rings. The summed E-state index contributed by atoms with van der Waals surface area (Å²) in [5, 5.41) is 4.57. The molecule has 0 N–H and O–H groups in total. The van der Waals surface area contributed by atoms with Crippen LogP contribution in [0.4, 0.5) is 17.1 Å². The second kappa shape index (κ2) is 10.7. The maximum atomic E-state index is 6.38. The van der Waals surface area contributed by atoms with Crippen LogP contribution in [0.15, 0.2) is 167 Å². The summed E-state index contributed by atoms with van der Waals surface area (Å²) < 4.78 is 15.0. The molecule has 7 aromatic carbocycles. The average Bonchev–Trinajstić information content (AvgIpc) is 3.85. The number of anilines is 3. The minimum absolute atomic E-state index is 0.642. The van der Waals surface area contributed by atoms with Crippen molar-refractivity contribution in [1.29, 1.82) is 0 Å². The lowest BCUT2D eigenvalue weighted by molar-refractivity contribution is 0.620. The number of para-hydroxylation sites is 4. The summed E-state index contributed by atoms with van der Waals surface area (Å²) in [5.74, 6) is 0.642. The standard InChI is InChI=1S/C43H26N2O2S/c1-2-11-27(12-3-1)30-13-4-7-17-36(30)45(28-21-23-32-31-14-5-8-18-37(31)46-39(32)25-28)29-22-24-33-41(26-29)48-40-20-10-15-34(42(33)40)43-44-35-16-6-9-19-38(35)47-43/h1-26H. The summed E-state index contributed by atoms with van der Waals surface area (Å²) in [7, 11) is 0. The van der Waals surface area contributed by atoms with E-state index in [2.05, 4.69) is 126 Å². The number of aromatic nitrogens is 1. The third-order valence-corrected chi connectivity index (χ3v) is 10.2. The highest BCUT2D eigenvalue weighted by Gasteiger charge is 2.21. The Labute approximate surface area is 279 Å². The normalized spacial score (nSPS) is 11.8. The quantitative estimate of drug-likeness (QED) is 0.189. The molecule has 0 spiro atoms.